The number of carbonyl (C=O) groups is 4. The third-order valence-corrected chi connectivity index (χ3v) is 5.17. The fourth-order valence-electron chi connectivity index (χ4n) is 3.48. The van der Waals surface area contributed by atoms with Crippen molar-refractivity contribution in [2.45, 2.75) is 52.1 Å². The highest BCUT2D eigenvalue weighted by Crippen LogP contribution is 2.12. The van der Waals surface area contributed by atoms with Crippen molar-refractivity contribution in [1.82, 2.24) is 10.6 Å². The second-order valence-corrected chi connectivity index (χ2v) is 8.02. The van der Waals surface area contributed by atoms with E-state index >= 15 is 0 Å². The van der Waals surface area contributed by atoms with E-state index in [0.29, 0.717) is 6.42 Å². The van der Waals surface area contributed by atoms with E-state index in [-0.39, 0.29) is 31.1 Å². The normalized spacial score (nSPS) is 13.3. The largest absolute Gasteiger partial charge is 0.464 e. The molecule has 0 aliphatic heterocycles. The Balaban J connectivity index is 2.04. The minimum absolute atomic E-state index is 0.0650. The summed E-state index contributed by atoms with van der Waals surface area (Å²) in [5, 5.41) is 5.42. The van der Waals surface area contributed by atoms with Crippen molar-refractivity contribution in [3.63, 3.8) is 0 Å². The van der Waals surface area contributed by atoms with Crippen molar-refractivity contribution in [1.29, 1.82) is 0 Å². The number of amides is 2. The SMILES string of the molecule is CCOC(=O)[C@H](Cc1ccccc1)NC(=O)C(C)CC(=O)C(Cc1ccccc1)NC(C)=O. The van der Waals surface area contributed by atoms with Gasteiger partial charge in [0, 0.05) is 25.7 Å². The van der Waals surface area contributed by atoms with Gasteiger partial charge < -0.3 is 15.4 Å². The fourth-order valence-corrected chi connectivity index (χ4v) is 3.48. The molecule has 2 N–H and O–H groups in total. The van der Waals surface area contributed by atoms with Crippen molar-refractivity contribution in [3.05, 3.63) is 71.8 Å². The molecule has 2 aromatic carbocycles. The third kappa shape index (κ3) is 8.88. The number of carbonyl (C=O) groups excluding carboxylic acids is 4. The topological polar surface area (TPSA) is 102 Å². The molecule has 0 heterocycles. The van der Waals surface area contributed by atoms with Crippen LogP contribution in [0.1, 0.15) is 38.3 Å². The molecule has 7 nitrogen and oxygen atoms in total. The third-order valence-electron chi connectivity index (χ3n) is 5.17. The number of hydrogen-bond acceptors (Lipinski definition) is 5. The average molecular weight is 453 g/mol. The number of ether oxygens (including phenoxy) is 1. The van der Waals surface area contributed by atoms with Gasteiger partial charge in [-0.2, -0.15) is 0 Å². The summed E-state index contributed by atoms with van der Waals surface area (Å²) in [7, 11) is 0. The van der Waals surface area contributed by atoms with E-state index in [1.165, 1.54) is 6.92 Å². The molecular formula is C26H32N2O5. The Bertz CT molecular complexity index is 930. The van der Waals surface area contributed by atoms with Crippen LogP contribution in [-0.2, 0) is 36.8 Å². The Morgan fingerprint density at radius 1 is 0.818 bits per heavy atom. The minimum Gasteiger partial charge on any atom is -0.464 e. The second kappa shape index (κ2) is 13.2. The lowest BCUT2D eigenvalue weighted by molar-refractivity contribution is -0.147. The first kappa shape index (κ1) is 25.8. The van der Waals surface area contributed by atoms with E-state index in [4.69, 9.17) is 4.74 Å². The van der Waals surface area contributed by atoms with Crippen molar-refractivity contribution in [2.75, 3.05) is 6.61 Å². The number of Topliss-reactive ketones (excluding diaryl/α,β-unsaturated/α-hetero) is 1. The van der Waals surface area contributed by atoms with Gasteiger partial charge in [0.1, 0.15) is 6.04 Å². The van der Waals surface area contributed by atoms with E-state index in [9.17, 15) is 19.2 Å². The summed E-state index contributed by atoms with van der Waals surface area (Å²) >= 11 is 0. The van der Waals surface area contributed by atoms with Gasteiger partial charge in [-0.05, 0) is 24.5 Å². The van der Waals surface area contributed by atoms with Gasteiger partial charge in [-0.1, -0.05) is 67.6 Å². The lowest BCUT2D eigenvalue weighted by atomic mass is 9.94. The maximum Gasteiger partial charge on any atom is 0.328 e. The first-order chi connectivity index (χ1) is 15.8. The molecule has 0 fully saturated rings. The minimum atomic E-state index is -0.854. The fraction of sp³-hybridized carbons (Fsp3) is 0.385. The lowest BCUT2D eigenvalue weighted by Gasteiger charge is -2.22. The maximum absolute atomic E-state index is 12.9. The molecule has 0 saturated heterocycles. The van der Waals surface area contributed by atoms with Crippen molar-refractivity contribution >= 4 is 23.6 Å². The quantitative estimate of drug-likeness (QED) is 0.482. The van der Waals surface area contributed by atoms with E-state index in [0.717, 1.165) is 11.1 Å². The van der Waals surface area contributed by atoms with E-state index in [2.05, 4.69) is 10.6 Å². The van der Waals surface area contributed by atoms with Gasteiger partial charge in [0.25, 0.3) is 0 Å². The Morgan fingerprint density at radius 3 is 1.82 bits per heavy atom. The van der Waals surface area contributed by atoms with Gasteiger partial charge in [0.2, 0.25) is 11.8 Å². The van der Waals surface area contributed by atoms with Crippen LogP contribution in [0.25, 0.3) is 0 Å². The van der Waals surface area contributed by atoms with E-state index in [1.54, 1.807) is 13.8 Å². The van der Waals surface area contributed by atoms with Gasteiger partial charge in [-0.3, -0.25) is 14.4 Å². The molecule has 33 heavy (non-hydrogen) atoms. The second-order valence-electron chi connectivity index (χ2n) is 8.02. The predicted octanol–water partition coefficient (Wildman–Crippen LogP) is 2.62. The predicted molar refractivity (Wildman–Crippen MR) is 125 cm³/mol. The Labute approximate surface area is 194 Å². The molecule has 0 aliphatic carbocycles. The summed E-state index contributed by atoms with van der Waals surface area (Å²) < 4.78 is 5.12. The van der Waals surface area contributed by atoms with Crippen LogP contribution in [0.15, 0.2) is 60.7 Å². The summed E-state index contributed by atoms with van der Waals surface area (Å²) in [4.78, 5) is 49.8. The van der Waals surface area contributed by atoms with Gasteiger partial charge in [0.15, 0.2) is 5.78 Å². The zero-order chi connectivity index (χ0) is 24.2. The van der Waals surface area contributed by atoms with E-state index in [1.807, 2.05) is 60.7 Å². The molecule has 7 heteroatoms. The standard InChI is InChI=1S/C26H32N2O5/c1-4-33-26(32)23(17-21-13-9-6-10-14-21)28-25(31)18(2)15-24(30)22(27-19(3)29)16-20-11-7-5-8-12-20/h5-14,18,22-23H,4,15-17H2,1-3H3,(H,27,29)(H,28,31)/t18?,22?,23-/m0/s1. The molecule has 3 atom stereocenters. The number of esters is 1. The zero-order valence-corrected chi connectivity index (χ0v) is 19.4. The number of benzene rings is 2. The Kier molecular flexibility index (Phi) is 10.3. The van der Waals surface area contributed by atoms with Crippen LogP contribution in [-0.4, -0.2) is 42.3 Å². The van der Waals surface area contributed by atoms with Crippen molar-refractivity contribution in [3.8, 4) is 0 Å². The first-order valence-corrected chi connectivity index (χ1v) is 11.1. The maximum atomic E-state index is 12.9. The molecule has 0 aliphatic rings. The summed E-state index contributed by atoms with van der Waals surface area (Å²) in [6, 6.07) is 17.1. The molecule has 2 unspecified atom stereocenters. The van der Waals surface area contributed by atoms with E-state index < -0.39 is 29.9 Å². The van der Waals surface area contributed by atoms with Crippen LogP contribution in [0.4, 0.5) is 0 Å². The highest BCUT2D eigenvalue weighted by Gasteiger charge is 2.28. The summed E-state index contributed by atoms with van der Waals surface area (Å²) in [5.41, 5.74) is 1.79. The van der Waals surface area contributed by atoms with Crippen LogP contribution in [0.5, 0.6) is 0 Å². The van der Waals surface area contributed by atoms with Crippen LogP contribution in [0.2, 0.25) is 0 Å². The molecule has 2 rings (SSSR count). The van der Waals surface area contributed by atoms with Crippen LogP contribution in [0.3, 0.4) is 0 Å². The highest BCUT2D eigenvalue weighted by molar-refractivity contribution is 5.93. The van der Waals surface area contributed by atoms with Crippen molar-refractivity contribution < 1.29 is 23.9 Å². The van der Waals surface area contributed by atoms with Gasteiger partial charge in [0.05, 0.1) is 12.6 Å². The van der Waals surface area contributed by atoms with Gasteiger partial charge in [-0.25, -0.2) is 4.79 Å². The number of rotatable bonds is 12. The molecule has 176 valence electrons. The van der Waals surface area contributed by atoms with Gasteiger partial charge >= 0.3 is 5.97 Å². The van der Waals surface area contributed by atoms with Gasteiger partial charge in [-0.15, -0.1) is 0 Å². The number of nitrogens with one attached hydrogen (secondary N) is 2. The van der Waals surface area contributed by atoms with Crippen LogP contribution in [0, 0.1) is 5.92 Å². The Morgan fingerprint density at radius 2 is 1.33 bits per heavy atom. The molecule has 2 amide bonds. The molecule has 0 bridgehead atoms. The summed E-state index contributed by atoms with van der Waals surface area (Å²) in [6.07, 6.45) is 0.562. The number of ketones is 1. The molecule has 0 spiro atoms. The first-order valence-electron chi connectivity index (χ1n) is 11.1. The number of hydrogen-bond donors (Lipinski definition) is 2. The monoisotopic (exact) mass is 452 g/mol. The smallest absolute Gasteiger partial charge is 0.328 e. The Hall–Kier alpha value is -3.48. The molecule has 0 saturated carbocycles. The summed E-state index contributed by atoms with van der Waals surface area (Å²) in [5.74, 6) is -2.18. The van der Waals surface area contributed by atoms with Crippen LogP contribution >= 0.6 is 0 Å². The highest BCUT2D eigenvalue weighted by atomic mass is 16.5. The summed E-state index contributed by atoms with van der Waals surface area (Å²) in [6.45, 7) is 4.89. The van der Waals surface area contributed by atoms with Crippen molar-refractivity contribution in [2.24, 2.45) is 5.92 Å². The molecular weight excluding hydrogens is 420 g/mol. The average Bonchev–Trinajstić information content (AvgIpc) is 2.79. The molecule has 0 radical (unpaired) electrons. The lowest BCUT2D eigenvalue weighted by Crippen LogP contribution is -2.47. The molecule has 0 aromatic heterocycles. The van der Waals surface area contributed by atoms with Crippen LogP contribution < -0.4 is 10.6 Å². The molecule has 2 aromatic rings. The zero-order valence-electron chi connectivity index (χ0n) is 19.4.